The number of rotatable bonds is 3. The van der Waals surface area contributed by atoms with Crippen molar-refractivity contribution < 1.29 is 0 Å². The second kappa shape index (κ2) is 3.80. The molecule has 0 spiro atoms. The highest BCUT2D eigenvalue weighted by Gasteiger charge is 2.17. The van der Waals surface area contributed by atoms with E-state index in [4.69, 9.17) is 0 Å². The maximum Gasteiger partial charge on any atom is -0.0206 e. The Morgan fingerprint density at radius 2 is 2.20 bits per heavy atom. The summed E-state index contributed by atoms with van der Waals surface area (Å²) in [5.41, 5.74) is 1.65. The zero-order chi connectivity index (χ0) is 7.40. The van der Waals surface area contributed by atoms with Crippen molar-refractivity contribution in [1.82, 2.24) is 0 Å². The highest BCUT2D eigenvalue weighted by atomic mass is 14.2. The van der Waals surface area contributed by atoms with Crippen molar-refractivity contribution in [2.24, 2.45) is 5.92 Å². The van der Waals surface area contributed by atoms with Crippen molar-refractivity contribution in [3.8, 4) is 0 Å². The predicted molar refractivity (Wildman–Crippen MR) is 46.0 cm³/mol. The fourth-order valence-electron chi connectivity index (χ4n) is 1.40. The summed E-state index contributed by atoms with van der Waals surface area (Å²) in [6.45, 7) is 4.53. The largest absolute Gasteiger partial charge is 0.0853 e. The van der Waals surface area contributed by atoms with Crippen LogP contribution in [0.15, 0.2) is 11.6 Å². The third-order valence-electron chi connectivity index (χ3n) is 2.50. The van der Waals surface area contributed by atoms with E-state index in [1.54, 1.807) is 5.57 Å². The van der Waals surface area contributed by atoms with E-state index < -0.39 is 0 Å². The molecule has 0 amide bonds. The Balaban J connectivity index is 2.23. The molecule has 0 bridgehead atoms. The topological polar surface area (TPSA) is 0 Å². The summed E-state index contributed by atoms with van der Waals surface area (Å²) in [7, 11) is 0. The van der Waals surface area contributed by atoms with Crippen LogP contribution in [-0.4, -0.2) is 0 Å². The highest BCUT2D eigenvalue weighted by Crippen LogP contribution is 2.32. The molecule has 0 N–H and O–H groups in total. The lowest BCUT2D eigenvalue weighted by atomic mass is 9.80. The van der Waals surface area contributed by atoms with Crippen LogP contribution >= 0.6 is 0 Å². The molecule has 10 heavy (non-hydrogen) atoms. The van der Waals surface area contributed by atoms with E-state index >= 15 is 0 Å². The molecule has 1 fully saturated rings. The molecular weight excluding hydrogens is 120 g/mol. The van der Waals surface area contributed by atoms with E-state index in [-0.39, 0.29) is 0 Å². The average molecular weight is 138 g/mol. The summed E-state index contributed by atoms with van der Waals surface area (Å²) in [5.74, 6) is 0.964. The van der Waals surface area contributed by atoms with E-state index in [1.165, 1.54) is 32.1 Å². The molecule has 1 rings (SSSR count). The van der Waals surface area contributed by atoms with Gasteiger partial charge in [-0.15, -0.1) is 0 Å². The van der Waals surface area contributed by atoms with Crippen molar-refractivity contribution in [3.05, 3.63) is 11.6 Å². The first-order valence-electron chi connectivity index (χ1n) is 4.51. The van der Waals surface area contributed by atoms with Crippen LogP contribution in [-0.2, 0) is 0 Å². The summed E-state index contributed by atoms with van der Waals surface area (Å²) in [4.78, 5) is 0. The molecule has 58 valence electrons. The van der Waals surface area contributed by atoms with Gasteiger partial charge in [-0.05, 0) is 32.1 Å². The molecule has 0 aromatic carbocycles. The van der Waals surface area contributed by atoms with Crippen LogP contribution in [0.3, 0.4) is 0 Å². The Hall–Kier alpha value is -0.260. The molecule has 0 nitrogen and oxygen atoms in total. The minimum absolute atomic E-state index is 0.964. The Bertz CT molecular complexity index is 118. The average Bonchev–Trinajstić information content (AvgIpc) is 1.79. The molecule has 0 aromatic heterocycles. The SMILES string of the molecule is CCCC=C(C)C1CCC1. The highest BCUT2D eigenvalue weighted by molar-refractivity contribution is 5.06. The number of allylic oxidation sites excluding steroid dienone is 2. The summed E-state index contributed by atoms with van der Waals surface area (Å²) in [6, 6.07) is 0. The van der Waals surface area contributed by atoms with Gasteiger partial charge >= 0.3 is 0 Å². The minimum atomic E-state index is 0.964. The molecule has 0 heterocycles. The van der Waals surface area contributed by atoms with Crippen molar-refractivity contribution in [3.63, 3.8) is 0 Å². The summed E-state index contributed by atoms with van der Waals surface area (Å²) in [5, 5.41) is 0. The summed E-state index contributed by atoms with van der Waals surface area (Å²) >= 11 is 0. The fourth-order valence-corrected chi connectivity index (χ4v) is 1.40. The first-order chi connectivity index (χ1) is 4.84. The normalized spacial score (nSPS) is 20.8. The van der Waals surface area contributed by atoms with Crippen LogP contribution < -0.4 is 0 Å². The van der Waals surface area contributed by atoms with Gasteiger partial charge < -0.3 is 0 Å². The third-order valence-corrected chi connectivity index (χ3v) is 2.50. The van der Waals surface area contributed by atoms with Gasteiger partial charge in [-0.25, -0.2) is 0 Å². The molecule has 0 radical (unpaired) electrons. The lowest BCUT2D eigenvalue weighted by Gasteiger charge is -2.26. The van der Waals surface area contributed by atoms with Gasteiger partial charge in [-0.1, -0.05) is 31.4 Å². The van der Waals surface area contributed by atoms with Gasteiger partial charge in [0, 0.05) is 0 Å². The quantitative estimate of drug-likeness (QED) is 0.523. The summed E-state index contributed by atoms with van der Waals surface area (Å²) < 4.78 is 0. The Morgan fingerprint density at radius 1 is 1.50 bits per heavy atom. The van der Waals surface area contributed by atoms with Crippen LogP contribution in [0, 0.1) is 5.92 Å². The van der Waals surface area contributed by atoms with Crippen molar-refractivity contribution in [2.75, 3.05) is 0 Å². The molecule has 0 aromatic rings. The minimum Gasteiger partial charge on any atom is -0.0853 e. The zero-order valence-corrected chi connectivity index (χ0v) is 7.19. The van der Waals surface area contributed by atoms with Crippen LogP contribution in [0.2, 0.25) is 0 Å². The number of unbranched alkanes of at least 4 members (excludes halogenated alkanes) is 1. The van der Waals surface area contributed by atoms with Crippen molar-refractivity contribution in [1.29, 1.82) is 0 Å². The summed E-state index contributed by atoms with van der Waals surface area (Å²) in [6.07, 6.45) is 9.36. The first kappa shape index (κ1) is 7.84. The Labute approximate surface area is 64.3 Å². The van der Waals surface area contributed by atoms with Gasteiger partial charge in [0.05, 0.1) is 0 Å². The maximum absolute atomic E-state index is 2.42. The van der Waals surface area contributed by atoms with Crippen LogP contribution in [0.1, 0.15) is 46.0 Å². The molecule has 1 aliphatic rings. The molecule has 1 aliphatic carbocycles. The Morgan fingerprint density at radius 3 is 2.60 bits per heavy atom. The van der Waals surface area contributed by atoms with Crippen LogP contribution in [0.4, 0.5) is 0 Å². The molecular formula is C10H18. The lowest BCUT2D eigenvalue weighted by molar-refractivity contribution is 0.367. The number of hydrogen-bond donors (Lipinski definition) is 0. The maximum atomic E-state index is 2.42. The molecule has 0 atom stereocenters. The van der Waals surface area contributed by atoms with Gasteiger partial charge in [0.15, 0.2) is 0 Å². The molecule has 0 heteroatoms. The Kier molecular flexibility index (Phi) is 2.98. The van der Waals surface area contributed by atoms with Gasteiger partial charge in [-0.3, -0.25) is 0 Å². The smallest absolute Gasteiger partial charge is 0.0206 e. The van der Waals surface area contributed by atoms with Gasteiger partial charge in [0.25, 0.3) is 0 Å². The fraction of sp³-hybridized carbons (Fsp3) is 0.800. The van der Waals surface area contributed by atoms with Gasteiger partial charge in [0.1, 0.15) is 0 Å². The van der Waals surface area contributed by atoms with Crippen LogP contribution in [0.5, 0.6) is 0 Å². The second-order valence-corrected chi connectivity index (χ2v) is 3.36. The van der Waals surface area contributed by atoms with Crippen LogP contribution in [0.25, 0.3) is 0 Å². The first-order valence-corrected chi connectivity index (χ1v) is 4.51. The van der Waals surface area contributed by atoms with E-state index in [9.17, 15) is 0 Å². The van der Waals surface area contributed by atoms with E-state index in [0.29, 0.717) is 0 Å². The second-order valence-electron chi connectivity index (χ2n) is 3.36. The number of hydrogen-bond acceptors (Lipinski definition) is 0. The standard InChI is InChI=1S/C10H18/c1-3-4-6-9(2)10-7-5-8-10/h6,10H,3-5,7-8H2,1-2H3. The zero-order valence-electron chi connectivity index (χ0n) is 7.19. The van der Waals surface area contributed by atoms with Crippen molar-refractivity contribution >= 4 is 0 Å². The third kappa shape index (κ3) is 1.86. The molecule has 1 saturated carbocycles. The van der Waals surface area contributed by atoms with Gasteiger partial charge in [-0.2, -0.15) is 0 Å². The van der Waals surface area contributed by atoms with Gasteiger partial charge in [0.2, 0.25) is 0 Å². The lowest BCUT2D eigenvalue weighted by Crippen LogP contribution is -2.11. The van der Waals surface area contributed by atoms with E-state index in [2.05, 4.69) is 19.9 Å². The molecule has 0 saturated heterocycles. The van der Waals surface area contributed by atoms with Crippen molar-refractivity contribution in [2.45, 2.75) is 46.0 Å². The molecule has 0 aliphatic heterocycles. The van der Waals surface area contributed by atoms with E-state index in [0.717, 1.165) is 5.92 Å². The predicted octanol–water partition coefficient (Wildman–Crippen LogP) is 3.53. The van der Waals surface area contributed by atoms with E-state index in [1.807, 2.05) is 0 Å². The monoisotopic (exact) mass is 138 g/mol. The molecule has 0 unspecified atom stereocenters.